The van der Waals surface area contributed by atoms with E-state index in [9.17, 15) is 4.79 Å². The highest BCUT2D eigenvalue weighted by molar-refractivity contribution is 5.81. The van der Waals surface area contributed by atoms with Crippen molar-refractivity contribution in [3.8, 4) is 0 Å². The van der Waals surface area contributed by atoms with Crippen molar-refractivity contribution >= 4 is 12.0 Å². The Bertz CT molecular complexity index is 758. The summed E-state index contributed by atoms with van der Waals surface area (Å²) in [6.45, 7) is 4.66. The van der Waals surface area contributed by atoms with Crippen LogP contribution >= 0.6 is 0 Å². The molecule has 0 spiro atoms. The van der Waals surface area contributed by atoms with Crippen LogP contribution in [-0.2, 0) is 11.3 Å². The molecule has 1 aliphatic rings. The molecule has 0 bridgehead atoms. The lowest BCUT2D eigenvalue weighted by molar-refractivity contribution is -0.125. The fourth-order valence-corrected chi connectivity index (χ4v) is 3.67. The van der Waals surface area contributed by atoms with Crippen LogP contribution in [0.1, 0.15) is 24.5 Å². The third kappa shape index (κ3) is 5.52. The van der Waals surface area contributed by atoms with Crippen molar-refractivity contribution in [2.24, 2.45) is 0 Å². The van der Waals surface area contributed by atoms with E-state index in [2.05, 4.69) is 64.9 Å². The lowest BCUT2D eigenvalue weighted by atomic mass is 10.1. The van der Waals surface area contributed by atoms with Gasteiger partial charge in [0, 0.05) is 32.7 Å². The third-order valence-corrected chi connectivity index (χ3v) is 5.06. The fraction of sp³-hybridized carbons (Fsp3) is 0.348. The van der Waals surface area contributed by atoms with Crippen LogP contribution in [0, 0.1) is 0 Å². The maximum atomic E-state index is 12.3. The number of carbonyl (C=O) groups excluding carboxylic acids is 1. The second kappa shape index (κ2) is 9.49. The highest BCUT2D eigenvalue weighted by Gasteiger charge is 2.35. The zero-order valence-electron chi connectivity index (χ0n) is 16.2. The Balaban J connectivity index is 1.59. The fourth-order valence-electron chi connectivity index (χ4n) is 3.67. The maximum Gasteiger partial charge on any atom is 0.237 e. The molecular formula is C23H29N3O. The lowest BCUT2D eigenvalue weighted by Gasteiger charge is -2.22. The number of nitrogens with zero attached hydrogens (tertiary/aromatic N) is 1. The lowest BCUT2D eigenvalue weighted by Crippen LogP contribution is -2.41. The first kappa shape index (κ1) is 19.3. The molecule has 27 heavy (non-hydrogen) atoms. The Morgan fingerprint density at radius 2 is 1.78 bits per heavy atom. The number of amides is 1. The molecular weight excluding hydrogens is 334 g/mol. The Labute approximate surface area is 162 Å². The van der Waals surface area contributed by atoms with Gasteiger partial charge in [-0.3, -0.25) is 9.69 Å². The van der Waals surface area contributed by atoms with Gasteiger partial charge in [0.2, 0.25) is 5.91 Å². The first-order valence-electron chi connectivity index (χ1n) is 9.61. The molecule has 1 amide bonds. The highest BCUT2D eigenvalue weighted by Crippen LogP contribution is 2.21. The van der Waals surface area contributed by atoms with E-state index in [0.29, 0.717) is 6.04 Å². The summed E-state index contributed by atoms with van der Waals surface area (Å²) in [5.41, 5.74) is 3.75. The number of carbonyl (C=O) groups is 1. The van der Waals surface area contributed by atoms with Crippen LogP contribution in [0.15, 0.2) is 66.2 Å². The molecule has 2 atom stereocenters. The molecule has 142 valence electrons. The van der Waals surface area contributed by atoms with Gasteiger partial charge in [-0.25, -0.2) is 0 Å². The molecule has 2 N–H and O–H groups in total. The minimum atomic E-state index is -0.0777. The summed E-state index contributed by atoms with van der Waals surface area (Å²) in [5.74, 6) is 0.104. The van der Waals surface area contributed by atoms with Crippen LogP contribution in [-0.4, -0.2) is 43.0 Å². The van der Waals surface area contributed by atoms with E-state index in [1.54, 1.807) is 7.05 Å². The topological polar surface area (TPSA) is 44.4 Å². The summed E-state index contributed by atoms with van der Waals surface area (Å²) in [6, 6.07) is 21.0. The predicted molar refractivity (Wildman–Crippen MR) is 111 cm³/mol. The average molecular weight is 364 g/mol. The van der Waals surface area contributed by atoms with E-state index < -0.39 is 0 Å². The number of nitrogens with one attached hydrogen (secondary N) is 2. The minimum absolute atomic E-state index is 0.0777. The van der Waals surface area contributed by atoms with Crippen LogP contribution < -0.4 is 10.6 Å². The van der Waals surface area contributed by atoms with Gasteiger partial charge in [-0.15, -0.1) is 0 Å². The van der Waals surface area contributed by atoms with E-state index in [-0.39, 0.29) is 11.9 Å². The summed E-state index contributed by atoms with van der Waals surface area (Å²) in [4.78, 5) is 14.6. The molecule has 2 aromatic carbocycles. The molecule has 4 nitrogen and oxygen atoms in total. The van der Waals surface area contributed by atoms with E-state index in [4.69, 9.17) is 0 Å². The Kier molecular flexibility index (Phi) is 6.80. The molecule has 0 radical (unpaired) electrons. The van der Waals surface area contributed by atoms with Gasteiger partial charge in [0.1, 0.15) is 0 Å². The number of likely N-dealkylation sites (tertiary alicyclic amines) is 1. The SMILES string of the molecule is CNC(=O)[C@@H]1C[C@H](NCC(C)=Cc2ccccc2)CN1Cc1ccccc1. The summed E-state index contributed by atoms with van der Waals surface area (Å²) in [7, 11) is 1.72. The van der Waals surface area contributed by atoms with Crippen molar-refractivity contribution in [2.45, 2.75) is 32.0 Å². The smallest absolute Gasteiger partial charge is 0.237 e. The normalized spacial score (nSPS) is 20.6. The summed E-state index contributed by atoms with van der Waals surface area (Å²) in [5, 5.41) is 6.46. The van der Waals surface area contributed by atoms with E-state index >= 15 is 0 Å². The van der Waals surface area contributed by atoms with Gasteiger partial charge in [0.05, 0.1) is 6.04 Å². The molecule has 0 aliphatic carbocycles. The van der Waals surface area contributed by atoms with Gasteiger partial charge in [0.15, 0.2) is 0 Å². The Morgan fingerprint density at radius 1 is 1.11 bits per heavy atom. The van der Waals surface area contributed by atoms with Gasteiger partial charge in [-0.1, -0.05) is 72.3 Å². The molecule has 3 rings (SSSR count). The molecule has 1 fully saturated rings. The molecule has 0 saturated carbocycles. The zero-order valence-corrected chi connectivity index (χ0v) is 16.2. The molecule has 4 heteroatoms. The van der Waals surface area contributed by atoms with Crippen molar-refractivity contribution in [3.63, 3.8) is 0 Å². The summed E-state index contributed by atoms with van der Waals surface area (Å²) >= 11 is 0. The molecule has 1 saturated heterocycles. The quantitative estimate of drug-likeness (QED) is 0.795. The largest absolute Gasteiger partial charge is 0.358 e. The second-order valence-electron chi connectivity index (χ2n) is 7.26. The van der Waals surface area contributed by atoms with E-state index in [1.165, 1.54) is 16.7 Å². The average Bonchev–Trinajstić information content (AvgIpc) is 3.10. The Morgan fingerprint density at radius 3 is 2.44 bits per heavy atom. The number of likely N-dealkylation sites (N-methyl/N-ethyl adjacent to an activating group) is 1. The van der Waals surface area contributed by atoms with Gasteiger partial charge in [0.25, 0.3) is 0 Å². The first-order chi connectivity index (χ1) is 13.2. The second-order valence-corrected chi connectivity index (χ2v) is 7.26. The molecule has 0 aromatic heterocycles. The van der Waals surface area contributed by atoms with Crippen molar-refractivity contribution in [1.82, 2.24) is 15.5 Å². The van der Waals surface area contributed by atoms with Crippen molar-refractivity contribution in [3.05, 3.63) is 77.4 Å². The maximum absolute atomic E-state index is 12.3. The number of hydrogen-bond acceptors (Lipinski definition) is 3. The number of benzene rings is 2. The first-order valence-corrected chi connectivity index (χ1v) is 9.61. The van der Waals surface area contributed by atoms with E-state index in [1.807, 2.05) is 24.3 Å². The van der Waals surface area contributed by atoms with Crippen molar-refractivity contribution in [2.75, 3.05) is 20.1 Å². The Hall–Kier alpha value is -2.43. The van der Waals surface area contributed by atoms with Crippen molar-refractivity contribution < 1.29 is 4.79 Å². The van der Waals surface area contributed by atoms with Gasteiger partial charge in [-0.05, 0) is 24.5 Å². The molecule has 1 heterocycles. The predicted octanol–water partition coefficient (Wildman–Crippen LogP) is 3.07. The molecule has 1 aliphatic heterocycles. The monoisotopic (exact) mass is 363 g/mol. The third-order valence-electron chi connectivity index (χ3n) is 5.06. The standard InChI is InChI=1S/C23H29N3O/c1-18(13-19-9-5-3-6-10-19)15-25-21-14-22(23(27)24-2)26(17-21)16-20-11-7-4-8-12-20/h3-13,21-22,25H,14-17H2,1-2H3,(H,24,27)/t21-,22-/m0/s1. The zero-order chi connectivity index (χ0) is 19.1. The van der Waals surface area contributed by atoms with Crippen LogP contribution in [0.3, 0.4) is 0 Å². The number of hydrogen-bond donors (Lipinski definition) is 2. The molecule has 2 aromatic rings. The van der Waals surface area contributed by atoms with Gasteiger partial charge in [-0.2, -0.15) is 0 Å². The van der Waals surface area contributed by atoms with Crippen LogP contribution in [0.2, 0.25) is 0 Å². The van der Waals surface area contributed by atoms with Gasteiger partial charge < -0.3 is 10.6 Å². The van der Waals surface area contributed by atoms with Crippen LogP contribution in [0.25, 0.3) is 6.08 Å². The van der Waals surface area contributed by atoms with Crippen LogP contribution in [0.4, 0.5) is 0 Å². The van der Waals surface area contributed by atoms with Crippen molar-refractivity contribution in [1.29, 1.82) is 0 Å². The van der Waals surface area contributed by atoms with Crippen LogP contribution in [0.5, 0.6) is 0 Å². The summed E-state index contributed by atoms with van der Waals surface area (Å²) < 4.78 is 0. The van der Waals surface area contributed by atoms with E-state index in [0.717, 1.165) is 26.1 Å². The minimum Gasteiger partial charge on any atom is -0.358 e. The van der Waals surface area contributed by atoms with Gasteiger partial charge >= 0.3 is 0 Å². The highest BCUT2D eigenvalue weighted by atomic mass is 16.2. The molecule has 0 unspecified atom stereocenters. The summed E-state index contributed by atoms with van der Waals surface area (Å²) in [6.07, 6.45) is 3.05. The number of rotatable bonds is 7.